The van der Waals surface area contributed by atoms with E-state index < -0.39 is 0 Å². The molecule has 0 N–H and O–H groups in total. The van der Waals surface area contributed by atoms with Crippen LogP contribution in [0.3, 0.4) is 0 Å². The minimum Gasteiger partial charge on any atom is -0.379 e. The second-order valence-corrected chi connectivity index (χ2v) is 6.10. The minimum absolute atomic E-state index is 0.0471. The lowest BCUT2D eigenvalue weighted by Gasteiger charge is -2.28. The van der Waals surface area contributed by atoms with Gasteiger partial charge in [0.1, 0.15) is 5.01 Å². The molecule has 1 fully saturated rings. The maximum atomic E-state index is 12.3. The van der Waals surface area contributed by atoms with Gasteiger partial charge in [0.05, 0.1) is 19.3 Å². The first-order valence-corrected chi connectivity index (χ1v) is 7.93. The molecule has 5 nitrogen and oxygen atoms in total. The zero-order valence-electron chi connectivity index (χ0n) is 12.5. The van der Waals surface area contributed by atoms with Crippen molar-refractivity contribution < 1.29 is 9.53 Å². The summed E-state index contributed by atoms with van der Waals surface area (Å²) in [5, 5.41) is 3.03. The van der Waals surface area contributed by atoms with Crippen molar-refractivity contribution in [3.63, 3.8) is 0 Å². The molecule has 0 spiro atoms. The third-order valence-corrected chi connectivity index (χ3v) is 4.85. The van der Waals surface area contributed by atoms with Crippen molar-refractivity contribution in [2.45, 2.75) is 26.3 Å². The number of aryl methyl sites for hydroxylation is 1. The van der Waals surface area contributed by atoms with Crippen LogP contribution in [-0.4, -0.2) is 60.6 Å². The molecule has 6 heteroatoms. The van der Waals surface area contributed by atoms with Gasteiger partial charge in [0, 0.05) is 44.2 Å². The molecular weight excluding hydrogens is 274 g/mol. The van der Waals surface area contributed by atoms with Crippen LogP contribution in [0.1, 0.15) is 30.1 Å². The molecule has 1 atom stereocenters. The Morgan fingerprint density at radius 3 is 2.85 bits per heavy atom. The summed E-state index contributed by atoms with van der Waals surface area (Å²) in [4.78, 5) is 20.8. The molecular formula is C14H23N3O2S. The first-order valence-electron chi connectivity index (χ1n) is 7.05. The first kappa shape index (κ1) is 15.4. The molecule has 2 heterocycles. The molecule has 2 rings (SSSR count). The van der Waals surface area contributed by atoms with Gasteiger partial charge in [-0.25, -0.2) is 4.98 Å². The average Bonchev–Trinajstić information content (AvgIpc) is 2.91. The van der Waals surface area contributed by atoms with Gasteiger partial charge in [-0.2, -0.15) is 0 Å². The fourth-order valence-electron chi connectivity index (χ4n) is 2.20. The van der Waals surface area contributed by atoms with Crippen molar-refractivity contribution in [1.82, 2.24) is 14.8 Å². The normalized spacial score (nSPS) is 17.9. The van der Waals surface area contributed by atoms with Crippen molar-refractivity contribution in [2.24, 2.45) is 0 Å². The van der Waals surface area contributed by atoms with Gasteiger partial charge in [-0.3, -0.25) is 9.69 Å². The van der Waals surface area contributed by atoms with E-state index in [1.54, 1.807) is 16.2 Å². The van der Waals surface area contributed by atoms with Gasteiger partial charge >= 0.3 is 0 Å². The molecule has 1 aliphatic rings. The Labute approximate surface area is 124 Å². The molecule has 0 bridgehead atoms. The van der Waals surface area contributed by atoms with Gasteiger partial charge in [0.25, 0.3) is 0 Å². The van der Waals surface area contributed by atoms with Gasteiger partial charge in [0.15, 0.2) is 0 Å². The molecule has 1 aromatic heterocycles. The quantitative estimate of drug-likeness (QED) is 0.830. The summed E-state index contributed by atoms with van der Waals surface area (Å²) in [6.45, 7) is 8.24. The Morgan fingerprint density at radius 2 is 2.25 bits per heavy atom. The fraction of sp³-hybridized carbons (Fsp3) is 0.714. The standard InChI is InChI=1S/C14H23N3O2S/c1-11-10-20-14(15-11)12(2)16(3)13(18)4-5-17-6-8-19-9-7-17/h10,12H,4-9H2,1-3H3. The van der Waals surface area contributed by atoms with Crippen LogP contribution in [0.4, 0.5) is 0 Å². The van der Waals surface area contributed by atoms with Crippen molar-refractivity contribution >= 4 is 17.2 Å². The number of hydrogen-bond donors (Lipinski definition) is 0. The lowest BCUT2D eigenvalue weighted by atomic mass is 10.2. The number of rotatable bonds is 5. The van der Waals surface area contributed by atoms with Crippen molar-refractivity contribution in [3.05, 3.63) is 16.1 Å². The summed E-state index contributed by atoms with van der Waals surface area (Å²) >= 11 is 1.62. The maximum absolute atomic E-state index is 12.3. The first-order chi connectivity index (χ1) is 9.58. The highest BCUT2D eigenvalue weighted by atomic mass is 32.1. The number of thiazole rings is 1. The van der Waals surface area contributed by atoms with Crippen LogP contribution >= 0.6 is 11.3 Å². The Hall–Kier alpha value is -0.980. The number of morpholine rings is 1. The fourth-order valence-corrected chi connectivity index (χ4v) is 3.10. The Morgan fingerprint density at radius 1 is 1.55 bits per heavy atom. The van der Waals surface area contributed by atoms with E-state index in [-0.39, 0.29) is 11.9 Å². The molecule has 20 heavy (non-hydrogen) atoms. The third kappa shape index (κ3) is 4.01. The van der Waals surface area contributed by atoms with Gasteiger partial charge in [-0.05, 0) is 13.8 Å². The zero-order valence-corrected chi connectivity index (χ0v) is 13.3. The van der Waals surface area contributed by atoms with E-state index in [0.29, 0.717) is 6.42 Å². The molecule has 0 radical (unpaired) electrons. The van der Waals surface area contributed by atoms with E-state index in [4.69, 9.17) is 4.74 Å². The highest BCUT2D eigenvalue weighted by Gasteiger charge is 2.20. The molecule has 1 saturated heterocycles. The molecule has 0 aliphatic carbocycles. The van der Waals surface area contributed by atoms with Crippen LogP contribution in [-0.2, 0) is 9.53 Å². The molecule has 0 aromatic carbocycles. The minimum atomic E-state index is 0.0471. The monoisotopic (exact) mass is 297 g/mol. The summed E-state index contributed by atoms with van der Waals surface area (Å²) in [6.07, 6.45) is 0.561. The lowest BCUT2D eigenvalue weighted by molar-refractivity contribution is -0.132. The Balaban J connectivity index is 1.81. The molecule has 1 unspecified atom stereocenters. The predicted octanol–water partition coefficient (Wildman–Crippen LogP) is 1.69. The molecule has 1 aromatic rings. The van der Waals surface area contributed by atoms with E-state index in [1.807, 2.05) is 26.3 Å². The second kappa shape index (κ2) is 7.15. The Kier molecular flexibility index (Phi) is 5.51. The highest BCUT2D eigenvalue weighted by molar-refractivity contribution is 7.09. The average molecular weight is 297 g/mol. The number of carbonyl (C=O) groups is 1. The molecule has 1 aliphatic heterocycles. The van der Waals surface area contributed by atoms with E-state index in [2.05, 4.69) is 9.88 Å². The number of carbonyl (C=O) groups excluding carboxylic acids is 1. The summed E-state index contributed by atoms with van der Waals surface area (Å²) in [7, 11) is 1.86. The van der Waals surface area contributed by atoms with Crippen molar-refractivity contribution in [3.8, 4) is 0 Å². The predicted molar refractivity (Wildman–Crippen MR) is 79.9 cm³/mol. The van der Waals surface area contributed by atoms with Crippen molar-refractivity contribution in [2.75, 3.05) is 39.9 Å². The van der Waals surface area contributed by atoms with Crippen LogP contribution in [0, 0.1) is 6.92 Å². The SMILES string of the molecule is Cc1csc(C(C)N(C)C(=O)CCN2CCOCC2)n1. The highest BCUT2D eigenvalue weighted by Crippen LogP contribution is 2.22. The smallest absolute Gasteiger partial charge is 0.224 e. The van der Waals surface area contributed by atoms with E-state index in [1.165, 1.54) is 0 Å². The lowest BCUT2D eigenvalue weighted by Crippen LogP contribution is -2.39. The summed E-state index contributed by atoms with van der Waals surface area (Å²) in [5.74, 6) is 0.178. The number of aromatic nitrogens is 1. The van der Waals surface area contributed by atoms with Gasteiger partial charge in [-0.15, -0.1) is 11.3 Å². The topological polar surface area (TPSA) is 45.7 Å². The van der Waals surface area contributed by atoms with Crippen LogP contribution in [0.2, 0.25) is 0 Å². The van der Waals surface area contributed by atoms with Crippen LogP contribution in [0.15, 0.2) is 5.38 Å². The summed E-state index contributed by atoms with van der Waals surface area (Å²) in [5.41, 5.74) is 1.02. The van der Waals surface area contributed by atoms with E-state index in [9.17, 15) is 4.79 Å². The van der Waals surface area contributed by atoms with Crippen molar-refractivity contribution in [1.29, 1.82) is 0 Å². The number of hydrogen-bond acceptors (Lipinski definition) is 5. The second-order valence-electron chi connectivity index (χ2n) is 5.21. The molecule has 0 saturated carbocycles. The summed E-state index contributed by atoms with van der Waals surface area (Å²) in [6, 6.07) is 0.0471. The molecule has 1 amide bonds. The number of amides is 1. The van der Waals surface area contributed by atoms with E-state index >= 15 is 0 Å². The third-order valence-electron chi connectivity index (χ3n) is 3.71. The summed E-state index contributed by atoms with van der Waals surface area (Å²) < 4.78 is 5.31. The van der Waals surface area contributed by atoms with Gasteiger partial charge < -0.3 is 9.64 Å². The number of ether oxygens (including phenoxy) is 1. The largest absolute Gasteiger partial charge is 0.379 e. The maximum Gasteiger partial charge on any atom is 0.224 e. The Bertz CT molecular complexity index is 443. The zero-order chi connectivity index (χ0) is 14.5. The van der Waals surface area contributed by atoms with Crippen LogP contribution in [0.25, 0.3) is 0 Å². The van der Waals surface area contributed by atoms with Crippen LogP contribution in [0.5, 0.6) is 0 Å². The van der Waals surface area contributed by atoms with Gasteiger partial charge in [-0.1, -0.05) is 0 Å². The molecule has 112 valence electrons. The van der Waals surface area contributed by atoms with Gasteiger partial charge in [0.2, 0.25) is 5.91 Å². The van der Waals surface area contributed by atoms with E-state index in [0.717, 1.165) is 43.5 Å². The number of nitrogens with zero attached hydrogens (tertiary/aromatic N) is 3. The van der Waals surface area contributed by atoms with Crippen LogP contribution < -0.4 is 0 Å².